The third-order valence-corrected chi connectivity index (χ3v) is 3.80. The summed E-state index contributed by atoms with van der Waals surface area (Å²) in [5, 5.41) is 3.18. The Morgan fingerprint density at radius 3 is 2.72 bits per heavy atom. The number of hydrogen-bond acceptors (Lipinski definition) is 3. The molecule has 0 saturated carbocycles. The lowest BCUT2D eigenvalue weighted by Gasteiger charge is -2.19. The summed E-state index contributed by atoms with van der Waals surface area (Å²) >= 11 is 0. The summed E-state index contributed by atoms with van der Waals surface area (Å²) in [5.74, 6) is 0.360. The number of amides is 2. The average molecular weight is 253 g/mol. The lowest BCUT2D eigenvalue weighted by molar-refractivity contribution is -0.132. The molecule has 2 saturated heterocycles. The average Bonchev–Trinajstić information content (AvgIpc) is 2.99. The van der Waals surface area contributed by atoms with Gasteiger partial charge in [0.25, 0.3) is 0 Å². The summed E-state index contributed by atoms with van der Waals surface area (Å²) in [6, 6.07) is -0.0307. The Kier molecular flexibility index (Phi) is 4.58. The van der Waals surface area contributed by atoms with E-state index < -0.39 is 0 Å². The predicted molar refractivity (Wildman–Crippen MR) is 69.1 cm³/mol. The van der Waals surface area contributed by atoms with Crippen LogP contribution in [-0.2, 0) is 9.59 Å². The molecule has 0 aliphatic carbocycles. The SMILES string of the molecule is CCNC1CCN(CCC(=O)N2CCCC2)C1=O. The van der Waals surface area contributed by atoms with Crippen molar-refractivity contribution in [1.29, 1.82) is 0 Å². The van der Waals surface area contributed by atoms with Crippen LogP contribution in [-0.4, -0.2) is 60.4 Å². The number of rotatable bonds is 5. The van der Waals surface area contributed by atoms with Gasteiger partial charge in [-0.1, -0.05) is 6.92 Å². The van der Waals surface area contributed by atoms with Crippen LogP contribution < -0.4 is 5.32 Å². The van der Waals surface area contributed by atoms with Gasteiger partial charge in [0.15, 0.2) is 0 Å². The van der Waals surface area contributed by atoms with Crippen molar-refractivity contribution in [1.82, 2.24) is 15.1 Å². The molecule has 0 spiro atoms. The van der Waals surface area contributed by atoms with Crippen molar-refractivity contribution in [3.05, 3.63) is 0 Å². The van der Waals surface area contributed by atoms with E-state index >= 15 is 0 Å². The van der Waals surface area contributed by atoms with E-state index in [2.05, 4.69) is 5.32 Å². The number of nitrogens with one attached hydrogen (secondary N) is 1. The summed E-state index contributed by atoms with van der Waals surface area (Å²) in [6.07, 6.45) is 3.59. The minimum absolute atomic E-state index is 0.0307. The minimum Gasteiger partial charge on any atom is -0.343 e. The smallest absolute Gasteiger partial charge is 0.239 e. The van der Waals surface area contributed by atoms with Crippen LogP contribution in [0.15, 0.2) is 0 Å². The van der Waals surface area contributed by atoms with Crippen LogP contribution in [0.1, 0.15) is 32.6 Å². The molecule has 5 heteroatoms. The summed E-state index contributed by atoms with van der Waals surface area (Å²) in [7, 11) is 0. The van der Waals surface area contributed by atoms with Crippen LogP contribution in [0, 0.1) is 0 Å². The number of hydrogen-bond donors (Lipinski definition) is 1. The lowest BCUT2D eigenvalue weighted by Crippen LogP contribution is -2.39. The fraction of sp³-hybridized carbons (Fsp3) is 0.846. The summed E-state index contributed by atoms with van der Waals surface area (Å²) in [6.45, 7) is 5.98. The second kappa shape index (κ2) is 6.18. The zero-order valence-corrected chi connectivity index (χ0v) is 11.2. The van der Waals surface area contributed by atoms with Gasteiger partial charge in [0, 0.05) is 32.6 Å². The Morgan fingerprint density at radius 2 is 2.06 bits per heavy atom. The van der Waals surface area contributed by atoms with E-state index in [9.17, 15) is 9.59 Å². The zero-order valence-electron chi connectivity index (χ0n) is 11.2. The largest absolute Gasteiger partial charge is 0.343 e. The van der Waals surface area contributed by atoms with Gasteiger partial charge in [-0.15, -0.1) is 0 Å². The molecule has 0 radical (unpaired) electrons. The van der Waals surface area contributed by atoms with E-state index in [4.69, 9.17) is 0 Å². The van der Waals surface area contributed by atoms with Gasteiger partial charge in [-0.25, -0.2) is 0 Å². The maximum absolute atomic E-state index is 12.0. The molecule has 2 aliphatic rings. The van der Waals surface area contributed by atoms with E-state index in [1.165, 1.54) is 0 Å². The molecule has 1 unspecified atom stereocenters. The van der Waals surface area contributed by atoms with Gasteiger partial charge in [0.2, 0.25) is 11.8 Å². The number of likely N-dealkylation sites (N-methyl/N-ethyl adjacent to an activating group) is 1. The second-order valence-electron chi connectivity index (χ2n) is 5.06. The molecule has 2 fully saturated rings. The van der Waals surface area contributed by atoms with Crippen LogP contribution in [0.25, 0.3) is 0 Å². The summed E-state index contributed by atoms with van der Waals surface area (Å²) in [4.78, 5) is 27.6. The molecule has 0 aromatic rings. The fourth-order valence-corrected chi connectivity index (χ4v) is 2.75. The highest BCUT2D eigenvalue weighted by molar-refractivity contribution is 5.84. The Bertz CT molecular complexity index is 313. The van der Waals surface area contributed by atoms with Crippen molar-refractivity contribution < 1.29 is 9.59 Å². The van der Waals surface area contributed by atoms with Crippen LogP contribution in [0.3, 0.4) is 0 Å². The quantitative estimate of drug-likeness (QED) is 0.762. The molecular weight excluding hydrogens is 230 g/mol. The molecule has 2 amide bonds. The van der Waals surface area contributed by atoms with Gasteiger partial charge < -0.3 is 15.1 Å². The van der Waals surface area contributed by atoms with Crippen molar-refractivity contribution in [2.45, 2.75) is 38.6 Å². The lowest BCUT2D eigenvalue weighted by atomic mass is 10.2. The first-order valence-electron chi connectivity index (χ1n) is 7.02. The predicted octanol–water partition coefficient (Wildman–Crippen LogP) is 0.209. The van der Waals surface area contributed by atoms with Crippen LogP contribution >= 0.6 is 0 Å². The fourth-order valence-electron chi connectivity index (χ4n) is 2.75. The molecule has 0 aromatic heterocycles. The van der Waals surface area contributed by atoms with Crippen molar-refractivity contribution in [2.24, 2.45) is 0 Å². The first-order chi connectivity index (χ1) is 8.72. The third kappa shape index (κ3) is 3.02. The van der Waals surface area contributed by atoms with Gasteiger partial charge in [0.05, 0.1) is 6.04 Å². The number of likely N-dealkylation sites (tertiary alicyclic amines) is 2. The van der Waals surface area contributed by atoms with Crippen molar-refractivity contribution in [3.63, 3.8) is 0 Å². The van der Waals surface area contributed by atoms with E-state index in [0.29, 0.717) is 13.0 Å². The van der Waals surface area contributed by atoms with Gasteiger partial charge in [-0.2, -0.15) is 0 Å². The van der Waals surface area contributed by atoms with E-state index in [1.54, 1.807) is 0 Å². The second-order valence-corrected chi connectivity index (χ2v) is 5.06. The maximum Gasteiger partial charge on any atom is 0.239 e. The highest BCUT2D eigenvalue weighted by Gasteiger charge is 2.31. The molecule has 2 heterocycles. The minimum atomic E-state index is -0.0307. The molecular formula is C13H23N3O2. The number of carbonyl (C=O) groups excluding carboxylic acids is 2. The number of nitrogens with zero attached hydrogens (tertiary/aromatic N) is 2. The first kappa shape index (κ1) is 13.3. The molecule has 0 aromatic carbocycles. The van der Waals surface area contributed by atoms with Gasteiger partial charge in [-0.05, 0) is 25.8 Å². The van der Waals surface area contributed by atoms with Gasteiger partial charge in [-0.3, -0.25) is 9.59 Å². The standard InChI is InChI=1S/C13H23N3O2/c1-2-14-11-5-9-16(13(11)18)10-6-12(17)15-7-3-4-8-15/h11,14H,2-10H2,1H3. The van der Waals surface area contributed by atoms with Crippen molar-refractivity contribution in [2.75, 3.05) is 32.7 Å². The number of carbonyl (C=O) groups is 2. The molecule has 5 nitrogen and oxygen atoms in total. The summed E-state index contributed by atoms with van der Waals surface area (Å²) in [5.41, 5.74) is 0. The van der Waals surface area contributed by atoms with E-state index in [1.807, 2.05) is 16.7 Å². The zero-order chi connectivity index (χ0) is 13.0. The van der Waals surface area contributed by atoms with Crippen molar-refractivity contribution in [3.8, 4) is 0 Å². The molecule has 102 valence electrons. The Labute approximate surface area is 108 Å². The Morgan fingerprint density at radius 1 is 1.33 bits per heavy atom. The van der Waals surface area contributed by atoms with Gasteiger partial charge >= 0.3 is 0 Å². The molecule has 18 heavy (non-hydrogen) atoms. The van der Waals surface area contributed by atoms with Crippen LogP contribution in [0.5, 0.6) is 0 Å². The molecule has 1 N–H and O–H groups in total. The van der Waals surface area contributed by atoms with Crippen LogP contribution in [0.4, 0.5) is 0 Å². The molecule has 2 aliphatic heterocycles. The maximum atomic E-state index is 12.0. The van der Waals surface area contributed by atoms with E-state index in [-0.39, 0.29) is 17.9 Å². The Hall–Kier alpha value is -1.10. The third-order valence-electron chi connectivity index (χ3n) is 3.80. The first-order valence-corrected chi connectivity index (χ1v) is 7.02. The Balaban J connectivity index is 1.73. The normalized spacial score (nSPS) is 24.1. The highest BCUT2D eigenvalue weighted by atomic mass is 16.2. The van der Waals surface area contributed by atoms with Gasteiger partial charge in [0.1, 0.15) is 0 Å². The molecule has 1 atom stereocenters. The summed E-state index contributed by atoms with van der Waals surface area (Å²) < 4.78 is 0. The van der Waals surface area contributed by atoms with Crippen LogP contribution in [0.2, 0.25) is 0 Å². The van der Waals surface area contributed by atoms with Crippen molar-refractivity contribution >= 4 is 11.8 Å². The highest BCUT2D eigenvalue weighted by Crippen LogP contribution is 2.13. The topological polar surface area (TPSA) is 52.7 Å². The molecule has 0 bridgehead atoms. The van der Waals surface area contributed by atoms with E-state index in [0.717, 1.165) is 45.4 Å². The monoisotopic (exact) mass is 253 g/mol. The molecule has 2 rings (SSSR count).